The maximum atomic E-state index is 12.6. The van der Waals surface area contributed by atoms with Gasteiger partial charge in [0.1, 0.15) is 19.0 Å². The van der Waals surface area contributed by atoms with Gasteiger partial charge in [-0.1, -0.05) is 12.1 Å². The first kappa shape index (κ1) is 14.8. The Morgan fingerprint density at radius 1 is 1.17 bits per heavy atom. The molecule has 3 heterocycles. The number of fused-ring (bicyclic) bond motifs is 1. The molecule has 0 saturated carbocycles. The van der Waals surface area contributed by atoms with Crippen molar-refractivity contribution in [3.8, 4) is 11.5 Å². The van der Waals surface area contributed by atoms with Crippen molar-refractivity contribution in [2.45, 2.75) is 18.9 Å². The highest BCUT2D eigenvalue weighted by Crippen LogP contribution is 2.38. The van der Waals surface area contributed by atoms with Crippen molar-refractivity contribution in [1.29, 1.82) is 0 Å². The molecular formula is C18H19N3O3. The molecule has 6 nitrogen and oxygen atoms in total. The van der Waals surface area contributed by atoms with Crippen LogP contribution in [0.2, 0.25) is 0 Å². The number of rotatable bonds is 2. The van der Waals surface area contributed by atoms with Crippen LogP contribution in [-0.2, 0) is 0 Å². The van der Waals surface area contributed by atoms with Gasteiger partial charge in [-0.25, -0.2) is 9.78 Å². The second-order valence-electron chi connectivity index (χ2n) is 5.90. The van der Waals surface area contributed by atoms with Crippen molar-refractivity contribution in [2.75, 3.05) is 25.1 Å². The number of pyridine rings is 1. The summed E-state index contributed by atoms with van der Waals surface area (Å²) in [6.45, 7) is 1.87. The van der Waals surface area contributed by atoms with Crippen molar-refractivity contribution < 1.29 is 14.3 Å². The fourth-order valence-corrected chi connectivity index (χ4v) is 3.24. The molecule has 1 aromatic heterocycles. The number of aromatic nitrogens is 1. The molecule has 0 spiro atoms. The molecule has 124 valence electrons. The molecule has 24 heavy (non-hydrogen) atoms. The largest absolute Gasteiger partial charge is 0.486 e. The highest BCUT2D eigenvalue weighted by Gasteiger charge is 2.31. The van der Waals surface area contributed by atoms with Crippen LogP contribution in [0.5, 0.6) is 11.5 Å². The summed E-state index contributed by atoms with van der Waals surface area (Å²) in [5.74, 6) is 2.10. The lowest BCUT2D eigenvalue weighted by molar-refractivity contribution is 0.170. The average molecular weight is 325 g/mol. The maximum absolute atomic E-state index is 12.6. The first-order valence-corrected chi connectivity index (χ1v) is 8.19. The Morgan fingerprint density at radius 2 is 2.04 bits per heavy atom. The summed E-state index contributed by atoms with van der Waals surface area (Å²) in [7, 11) is 0. The van der Waals surface area contributed by atoms with Crippen LogP contribution >= 0.6 is 0 Å². The Kier molecular flexibility index (Phi) is 3.94. The molecular weight excluding hydrogens is 306 g/mol. The number of carbonyl (C=O) groups is 1. The number of carbonyl (C=O) groups excluding carboxylic acids is 1. The molecule has 1 fully saturated rings. The number of anilines is 1. The van der Waals surface area contributed by atoms with E-state index in [1.165, 1.54) is 0 Å². The van der Waals surface area contributed by atoms with E-state index >= 15 is 0 Å². The third kappa shape index (κ3) is 2.87. The number of benzene rings is 1. The standard InChI is InChI=1S/C18H19N3O3/c22-18(20-17-5-1-2-8-19-17)21-9-3-4-14(21)13-6-7-15-16(12-13)24-11-10-23-15/h1-2,5-8,12,14H,3-4,9-11H2,(H,19,20,22)/t14-/m0/s1. The highest BCUT2D eigenvalue weighted by atomic mass is 16.6. The van der Waals surface area contributed by atoms with Crippen LogP contribution in [0.15, 0.2) is 42.6 Å². The van der Waals surface area contributed by atoms with Crippen LogP contribution in [-0.4, -0.2) is 35.7 Å². The van der Waals surface area contributed by atoms with Crippen molar-refractivity contribution in [2.24, 2.45) is 0 Å². The minimum atomic E-state index is -0.119. The molecule has 4 rings (SSSR count). The molecule has 6 heteroatoms. The molecule has 2 amide bonds. The van der Waals surface area contributed by atoms with Crippen LogP contribution < -0.4 is 14.8 Å². The predicted molar refractivity (Wildman–Crippen MR) is 89.4 cm³/mol. The first-order chi connectivity index (χ1) is 11.8. The van der Waals surface area contributed by atoms with Crippen molar-refractivity contribution in [3.63, 3.8) is 0 Å². The third-order valence-corrected chi connectivity index (χ3v) is 4.36. The molecule has 0 aliphatic carbocycles. The van der Waals surface area contributed by atoms with E-state index in [1.54, 1.807) is 12.3 Å². The molecule has 2 aromatic rings. The lowest BCUT2D eigenvalue weighted by Gasteiger charge is -2.26. The molecule has 0 radical (unpaired) electrons. The van der Waals surface area contributed by atoms with Gasteiger partial charge >= 0.3 is 6.03 Å². The first-order valence-electron chi connectivity index (χ1n) is 8.19. The zero-order valence-electron chi connectivity index (χ0n) is 13.3. The maximum Gasteiger partial charge on any atom is 0.323 e. The molecule has 0 bridgehead atoms. The van der Waals surface area contributed by atoms with Gasteiger partial charge in [0.2, 0.25) is 0 Å². The number of urea groups is 1. The minimum absolute atomic E-state index is 0.0459. The van der Waals surface area contributed by atoms with Gasteiger partial charge in [0.05, 0.1) is 6.04 Å². The van der Waals surface area contributed by atoms with Gasteiger partial charge in [0, 0.05) is 12.7 Å². The zero-order chi connectivity index (χ0) is 16.4. The normalized spacial score (nSPS) is 19.2. The minimum Gasteiger partial charge on any atom is -0.486 e. The van der Waals surface area contributed by atoms with Crippen LogP contribution in [0, 0.1) is 0 Å². The van der Waals surface area contributed by atoms with E-state index in [0.717, 1.165) is 36.4 Å². The number of ether oxygens (including phenoxy) is 2. The number of hydrogen-bond acceptors (Lipinski definition) is 4. The van der Waals surface area contributed by atoms with Crippen molar-refractivity contribution in [1.82, 2.24) is 9.88 Å². The Hall–Kier alpha value is -2.76. The fraction of sp³-hybridized carbons (Fsp3) is 0.333. The average Bonchev–Trinajstić information content (AvgIpc) is 3.12. The van der Waals surface area contributed by atoms with E-state index in [-0.39, 0.29) is 12.1 Å². The second kappa shape index (κ2) is 6.39. The predicted octanol–water partition coefficient (Wildman–Crippen LogP) is 3.22. The molecule has 1 saturated heterocycles. The molecule has 1 N–H and O–H groups in total. The van der Waals surface area contributed by atoms with Gasteiger partial charge in [-0.05, 0) is 42.7 Å². The van der Waals surface area contributed by atoms with Gasteiger partial charge in [0.15, 0.2) is 11.5 Å². The Morgan fingerprint density at radius 3 is 2.88 bits per heavy atom. The molecule has 0 unspecified atom stereocenters. The van der Waals surface area contributed by atoms with Gasteiger partial charge < -0.3 is 14.4 Å². The van der Waals surface area contributed by atoms with Crippen LogP contribution in [0.3, 0.4) is 0 Å². The Bertz CT molecular complexity index is 736. The van der Waals surface area contributed by atoms with Gasteiger partial charge in [-0.2, -0.15) is 0 Å². The number of likely N-dealkylation sites (tertiary alicyclic amines) is 1. The van der Waals surface area contributed by atoms with Gasteiger partial charge in [0.25, 0.3) is 0 Å². The third-order valence-electron chi connectivity index (χ3n) is 4.36. The quantitative estimate of drug-likeness (QED) is 0.921. The van der Waals surface area contributed by atoms with E-state index in [4.69, 9.17) is 9.47 Å². The van der Waals surface area contributed by atoms with Crippen molar-refractivity contribution >= 4 is 11.8 Å². The zero-order valence-corrected chi connectivity index (χ0v) is 13.3. The van der Waals surface area contributed by atoms with E-state index in [0.29, 0.717) is 19.0 Å². The SMILES string of the molecule is O=C(Nc1ccccn1)N1CCC[C@H]1c1ccc2c(c1)OCCO2. The number of amides is 2. The smallest absolute Gasteiger partial charge is 0.323 e. The lowest BCUT2D eigenvalue weighted by Crippen LogP contribution is -2.34. The van der Waals surface area contributed by atoms with Gasteiger partial charge in [-0.3, -0.25) is 5.32 Å². The molecule has 1 aromatic carbocycles. The summed E-state index contributed by atoms with van der Waals surface area (Å²) in [6, 6.07) is 11.3. The Balaban J connectivity index is 1.53. The molecule has 2 aliphatic heterocycles. The van der Waals surface area contributed by atoms with Crippen molar-refractivity contribution in [3.05, 3.63) is 48.2 Å². The monoisotopic (exact) mass is 325 g/mol. The highest BCUT2D eigenvalue weighted by molar-refractivity contribution is 5.88. The van der Waals surface area contributed by atoms with E-state index in [2.05, 4.69) is 10.3 Å². The summed E-state index contributed by atoms with van der Waals surface area (Å²) in [6.07, 6.45) is 3.59. The van der Waals surface area contributed by atoms with Crippen LogP contribution in [0.4, 0.5) is 10.6 Å². The topological polar surface area (TPSA) is 63.7 Å². The summed E-state index contributed by atoms with van der Waals surface area (Å²) < 4.78 is 11.2. The van der Waals surface area contributed by atoms with E-state index < -0.39 is 0 Å². The van der Waals surface area contributed by atoms with E-state index in [1.807, 2.05) is 35.2 Å². The summed E-state index contributed by atoms with van der Waals surface area (Å²) in [4.78, 5) is 18.6. The van der Waals surface area contributed by atoms with Crippen LogP contribution in [0.1, 0.15) is 24.4 Å². The second-order valence-corrected chi connectivity index (χ2v) is 5.90. The summed E-state index contributed by atoms with van der Waals surface area (Å²) in [5.41, 5.74) is 1.08. The summed E-state index contributed by atoms with van der Waals surface area (Å²) in [5, 5.41) is 2.87. The molecule has 1 atom stereocenters. The number of nitrogens with one attached hydrogen (secondary N) is 1. The number of nitrogens with zero attached hydrogens (tertiary/aromatic N) is 2. The van der Waals surface area contributed by atoms with Crippen LogP contribution in [0.25, 0.3) is 0 Å². The molecule has 2 aliphatic rings. The summed E-state index contributed by atoms with van der Waals surface area (Å²) >= 11 is 0. The number of hydrogen-bond donors (Lipinski definition) is 1. The Labute approximate surface area is 140 Å². The fourth-order valence-electron chi connectivity index (χ4n) is 3.24. The lowest BCUT2D eigenvalue weighted by atomic mass is 10.0. The van der Waals surface area contributed by atoms with Gasteiger partial charge in [-0.15, -0.1) is 0 Å². The van der Waals surface area contributed by atoms with E-state index in [9.17, 15) is 4.79 Å².